The maximum absolute atomic E-state index is 13.2. The van der Waals surface area contributed by atoms with Crippen LogP contribution in [-0.2, 0) is 27.8 Å². The molecule has 0 unspecified atom stereocenters. The number of carbonyl (C=O) groups is 1. The van der Waals surface area contributed by atoms with Crippen molar-refractivity contribution >= 4 is 15.9 Å². The monoisotopic (exact) mass is 442 g/mol. The Morgan fingerprint density at radius 3 is 2.19 bits per heavy atom. The average Bonchev–Trinajstić information content (AvgIpc) is 2.78. The quantitative estimate of drug-likeness (QED) is 0.534. The zero-order chi connectivity index (χ0) is 22.3. The van der Waals surface area contributed by atoms with Crippen molar-refractivity contribution in [2.75, 3.05) is 7.11 Å². The molecule has 1 amide bonds. The molecule has 3 aromatic rings. The molecule has 162 valence electrons. The van der Waals surface area contributed by atoms with E-state index in [1.54, 1.807) is 19.2 Å². The van der Waals surface area contributed by atoms with E-state index in [0.717, 1.165) is 35.4 Å². The minimum absolute atomic E-state index is 0.116. The highest BCUT2D eigenvalue weighted by Gasteiger charge is 2.26. The summed E-state index contributed by atoms with van der Waals surface area (Å²) in [7, 11) is -2.46. The van der Waals surface area contributed by atoms with Crippen LogP contribution in [0.4, 0.5) is 4.39 Å². The molecule has 0 aliphatic heterocycles. The third-order valence-corrected chi connectivity index (χ3v) is 6.13. The first-order chi connectivity index (χ1) is 14.9. The first kappa shape index (κ1) is 22.5. The van der Waals surface area contributed by atoms with Crippen molar-refractivity contribution in [2.45, 2.75) is 23.9 Å². The second-order valence-corrected chi connectivity index (χ2v) is 8.60. The molecule has 0 radical (unpaired) electrons. The molecule has 3 aromatic carbocycles. The van der Waals surface area contributed by atoms with Crippen molar-refractivity contribution in [2.24, 2.45) is 0 Å². The Balaban J connectivity index is 1.76. The number of ether oxygens (including phenoxy) is 1. The Labute approximate surface area is 181 Å². The van der Waals surface area contributed by atoms with Crippen LogP contribution in [0.15, 0.2) is 83.8 Å². The Morgan fingerprint density at radius 2 is 1.58 bits per heavy atom. The van der Waals surface area contributed by atoms with Gasteiger partial charge >= 0.3 is 0 Å². The number of methoxy groups -OCH3 is 1. The lowest BCUT2D eigenvalue weighted by molar-refractivity contribution is -0.122. The number of carbonyl (C=O) groups excluding carboxylic acids is 1. The van der Waals surface area contributed by atoms with Gasteiger partial charge in [-0.2, -0.15) is 4.72 Å². The molecule has 0 aliphatic carbocycles. The number of amides is 1. The van der Waals surface area contributed by atoms with Gasteiger partial charge in [-0.25, -0.2) is 12.8 Å². The Bertz CT molecular complexity index is 1100. The van der Waals surface area contributed by atoms with Crippen LogP contribution in [0, 0.1) is 5.82 Å². The van der Waals surface area contributed by atoms with Crippen LogP contribution in [0.3, 0.4) is 0 Å². The molecule has 0 aromatic heterocycles. The molecular weight excluding hydrogens is 419 g/mol. The molecule has 0 saturated carbocycles. The van der Waals surface area contributed by atoms with Gasteiger partial charge in [0, 0.05) is 6.54 Å². The number of halogens is 1. The van der Waals surface area contributed by atoms with E-state index in [1.165, 1.54) is 0 Å². The molecule has 3 rings (SSSR count). The molecule has 8 heteroatoms. The van der Waals surface area contributed by atoms with Gasteiger partial charge in [-0.05, 0) is 53.9 Å². The lowest BCUT2D eigenvalue weighted by Crippen LogP contribution is -2.47. The Hall–Kier alpha value is -3.23. The fourth-order valence-electron chi connectivity index (χ4n) is 2.96. The minimum atomic E-state index is -4.03. The summed E-state index contributed by atoms with van der Waals surface area (Å²) in [6.45, 7) is 0.229. The molecule has 0 saturated heterocycles. The van der Waals surface area contributed by atoms with E-state index in [9.17, 15) is 17.6 Å². The normalized spacial score (nSPS) is 12.2. The number of nitrogens with one attached hydrogen (secondary N) is 2. The highest BCUT2D eigenvalue weighted by atomic mass is 32.2. The smallest absolute Gasteiger partial charge is 0.241 e. The predicted molar refractivity (Wildman–Crippen MR) is 115 cm³/mol. The standard InChI is InChI=1S/C23H23FN2O4S/c1-30-20-11-7-18(8-12-20)16-25-23(27)22(15-17-5-3-2-4-6-17)26-31(28,29)21-13-9-19(24)10-14-21/h2-14,22,26H,15-16H2,1H3,(H,25,27)/t22-/m1/s1. The number of sulfonamides is 1. The van der Waals surface area contributed by atoms with E-state index in [1.807, 2.05) is 42.5 Å². The van der Waals surface area contributed by atoms with Gasteiger partial charge in [0.2, 0.25) is 15.9 Å². The summed E-state index contributed by atoms with van der Waals surface area (Å²) in [4.78, 5) is 12.8. The summed E-state index contributed by atoms with van der Waals surface area (Å²) >= 11 is 0. The molecule has 2 N–H and O–H groups in total. The Morgan fingerprint density at radius 1 is 0.935 bits per heavy atom. The SMILES string of the molecule is COc1ccc(CNC(=O)[C@@H](Cc2ccccc2)NS(=O)(=O)c2ccc(F)cc2)cc1. The zero-order valence-electron chi connectivity index (χ0n) is 16.9. The van der Waals surface area contributed by atoms with Crippen LogP contribution < -0.4 is 14.8 Å². The van der Waals surface area contributed by atoms with Crippen LogP contribution in [-0.4, -0.2) is 27.5 Å². The van der Waals surface area contributed by atoms with Gasteiger partial charge < -0.3 is 10.1 Å². The summed E-state index contributed by atoms with van der Waals surface area (Å²) in [6, 6.07) is 19.7. The van der Waals surface area contributed by atoms with Crippen LogP contribution >= 0.6 is 0 Å². The summed E-state index contributed by atoms with van der Waals surface area (Å²) in [5.74, 6) is -0.313. The average molecular weight is 443 g/mol. The largest absolute Gasteiger partial charge is 0.497 e. The lowest BCUT2D eigenvalue weighted by Gasteiger charge is -2.19. The Kier molecular flexibility index (Phi) is 7.38. The predicted octanol–water partition coefficient (Wildman–Crippen LogP) is 3.04. The van der Waals surface area contributed by atoms with E-state index in [0.29, 0.717) is 5.75 Å². The van der Waals surface area contributed by atoms with E-state index in [-0.39, 0.29) is 17.9 Å². The topological polar surface area (TPSA) is 84.5 Å². The van der Waals surface area contributed by atoms with Crippen molar-refractivity contribution < 1.29 is 22.3 Å². The molecule has 0 spiro atoms. The van der Waals surface area contributed by atoms with Crippen LogP contribution in [0.2, 0.25) is 0 Å². The number of hydrogen-bond acceptors (Lipinski definition) is 4. The molecule has 0 aliphatic rings. The summed E-state index contributed by atoms with van der Waals surface area (Å²) in [5.41, 5.74) is 1.64. The van der Waals surface area contributed by atoms with Crippen molar-refractivity contribution in [3.8, 4) is 5.75 Å². The first-order valence-corrected chi connectivity index (χ1v) is 11.1. The molecule has 1 atom stereocenters. The fourth-order valence-corrected chi connectivity index (χ4v) is 4.16. The fraction of sp³-hybridized carbons (Fsp3) is 0.174. The zero-order valence-corrected chi connectivity index (χ0v) is 17.7. The molecule has 6 nitrogen and oxygen atoms in total. The van der Waals surface area contributed by atoms with Gasteiger partial charge in [0.15, 0.2) is 0 Å². The number of hydrogen-bond donors (Lipinski definition) is 2. The second-order valence-electron chi connectivity index (χ2n) is 6.88. The molecule has 0 bridgehead atoms. The highest BCUT2D eigenvalue weighted by molar-refractivity contribution is 7.89. The van der Waals surface area contributed by atoms with Gasteiger partial charge in [-0.15, -0.1) is 0 Å². The van der Waals surface area contributed by atoms with Crippen LogP contribution in [0.25, 0.3) is 0 Å². The first-order valence-electron chi connectivity index (χ1n) is 9.60. The van der Waals surface area contributed by atoms with Crippen molar-refractivity contribution in [1.29, 1.82) is 0 Å². The summed E-state index contributed by atoms with van der Waals surface area (Å²) < 4.78 is 46.3. The van der Waals surface area contributed by atoms with Gasteiger partial charge in [0.05, 0.1) is 12.0 Å². The third kappa shape index (κ3) is 6.37. The maximum Gasteiger partial charge on any atom is 0.241 e. The number of benzene rings is 3. The van der Waals surface area contributed by atoms with E-state index in [2.05, 4.69) is 10.0 Å². The van der Waals surface area contributed by atoms with Crippen molar-refractivity contribution in [3.05, 3.63) is 95.8 Å². The van der Waals surface area contributed by atoms with Crippen molar-refractivity contribution in [1.82, 2.24) is 10.0 Å². The highest BCUT2D eigenvalue weighted by Crippen LogP contribution is 2.14. The van der Waals surface area contributed by atoms with Gasteiger partial charge in [0.1, 0.15) is 17.6 Å². The second kappa shape index (κ2) is 10.2. The lowest BCUT2D eigenvalue weighted by atomic mass is 10.1. The van der Waals surface area contributed by atoms with Gasteiger partial charge in [-0.3, -0.25) is 4.79 Å². The van der Waals surface area contributed by atoms with Gasteiger partial charge in [0.25, 0.3) is 0 Å². The maximum atomic E-state index is 13.2. The minimum Gasteiger partial charge on any atom is -0.497 e. The summed E-state index contributed by atoms with van der Waals surface area (Å²) in [5, 5.41) is 2.77. The summed E-state index contributed by atoms with van der Waals surface area (Å²) in [6.07, 6.45) is 0.162. The van der Waals surface area contributed by atoms with Crippen LogP contribution in [0.1, 0.15) is 11.1 Å². The number of rotatable bonds is 9. The molecular formula is C23H23FN2O4S. The molecule has 31 heavy (non-hydrogen) atoms. The molecule has 0 fully saturated rings. The van der Waals surface area contributed by atoms with Crippen LogP contribution in [0.5, 0.6) is 5.75 Å². The third-order valence-electron chi connectivity index (χ3n) is 4.65. The van der Waals surface area contributed by atoms with Gasteiger partial charge in [-0.1, -0.05) is 42.5 Å². The molecule has 0 heterocycles. The van der Waals surface area contributed by atoms with E-state index in [4.69, 9.17) is 4.74 Å². The van der Waals surface area contributed by atoms with E-state index < -0.39 is 27.8 Å². The van der Waals surface area contributed by atoms with Crippen molar-refractivity contribution in [3.63, 3.8) is 0 Å². The van der Waals surface area contributed by atoms with E-state index >= 15 is 0 Å².